The molecule has 1 saturated carbocycles. The van der Waals surface area contributed by atoms with Crippen molar-refractivity contribution in [1.82, 2.24) is 18.7 Å². The van der Waals surface area contributed by atoms with Gasteiger partial charge in [0.05, 0.1) is 22.5 Å². The van der Waals surface area contributed by atoms with Gasteiger partial charge in [0.25, 0.3) is 0 Å². The maximum Gasteiger partial charge on any atom is 0.329 e. The number of imidazole rings is 1. The molecule has 3 aromatic heterocycles. The molecule has 1 fully saturated rings. The van der Waals surface area contributed by atoms with Gasteiger partial charge in [-0.25, -0.2) is 13.2 Å². The maximum atomic E-state index is 12.9. The summed E-state index contributed by atoms with van der Waals surface area (Å²) in [7, 11) is -1.28. The minimum atomic E-state index is -3.06. The first-order valence-electron chi connectivity index (χ1n) is 10.3. The molecule has 0 spiro atoms. The minimum absolute atomic E-state index is 0.0328. The Kier molecular flexibility index (Phi) is 4.75. The quantitative estimate of drug-likeness (QED) is 0.440. The number of fused-ring (bicyclic) bond motifs is 2. The lowest BCUT2D eigenvalue weighted by Crippen LogP contribution is -2.21. The summed E-state index contributed by atoms with van der Waals surface area (Å²) >= 11 is 6.22. The molecule has 0 aliphatic heterocycles. The topological polar surface area (TPSA) is 78.9 Å². The number of rotatable bonds is 6. The van der Waals surface area contributed by atoms with Gasteiger partial charge in [-0.2, -0.15) is 0 Å². The molecule has 0 N–H and O–H groups in total. The van der Waals surface area contributed by atoms with Crippen LogP contribution in [0.1, 0.15) is 25.3 Å². The third-order valence-corrected chi connectivity index (χ3v) is 7.17. The molecule has 9 heteroatoms. The predicted octanol–water partition coefficient (Wildman–Crippen LogP) is 3.78. The molecule has 1 aliphatic rings. The van der Waals surface area contributed by atoms with Gasteiger partial charge in [0.1, 0.15) is 15.5 Å². The summed E-state index contributed by atoms with van der Waals surface area (Å²) in [6.07, 6.45) is 5.50. The Hall–Kier alpha value is -2.58. The van der Waals surface area contributed by atoms with Crippen molar-refractivity contribution in [3.8, 4) is 11.4 Å². The number of benzene rings is 1. The SMILES string of the molecule is Cn1c(=O)n(C2CC2)c2ccnc(-c3cc4cc(Cl)ccc4n3CCCS(C)(=O)=O)c21. The molecule has 5 rings (SSSR count). The van der Waals surface area contributed by atoms with Crippen LogP contribution in [-0.2, 0) is 23.4 Å². The van der Waals surface area contributed by atoms with Gasteiger partial charge in [0, 0.05) is 48.0 Å². The van der Waals surface area contributed by atoms with Crippen LogP contribution >= 0.6 is 11.6 Å². The van der Waals surface area contributed by atoms with Gasteiger partial charge < -0.3 is 4.57 Å². The van der Waals surface area contributed by atoms with Crippen molar-refractivity contribution in [1.29, 1.82) is 0 Å². The zero-order valence-electron chi connectivity index (χ0n) is 17.4. The van der Waals surface area contributed by atoms with Crippen LogP contribution in [-0.4, -0.2) is 39.1 Å². The Bertz CT molecular complexity index is 1490. The largest absolute Gasteiger partial charge is 0.339 e. The van der Waals surface area contributed by atoms with E-state index in [1.165, 1.54) is 6.26 Å². The first-order valence-corrected chi connectivity index (χ1v) is 12.7. The molecule has 0 bridgehead atoms. The summed E-state index contributed by atoms with van der Waals surface area (Å²) in [6.45, 7) is 0.517. The number of halogens is 1. The van der Waals surface area contributed by atoms with Gasteiger partial charge in [-0.1, -0.05) is 11.6 Å². The average molecular weight is 459 g/mol. The van der Waals surface area contributed by atoms with Crippen LogP contribution in [0.15, 0.2) is 41.3 Å². The number of hydrogen-bond donors (Lipinski definition) is 0. The maximum absolute atomic E-state index is 12.9. The second-order valence-electron chi connectivity index (χ2n) is 8.34. The van der Waals surface area contributed by atoms with E-state index < -0.39 is 9.84 Å². The van der Waals surface area contributed by atoms with E-state index in [4.69, 9.17) is 11.6 Å². The molecule has 0 saturated heterocycles. The van der Waals surface area contributed by atoms with Crippen molar-refractivity contribution in [2.24, 2.45) is 7.05 Å². The molecule has 1 aliphatic carbocycles. The van der Waals surface area contributed by atoms with Crippen LogP contribution in [0.4, 0.5) is 0 Å². The number of aromatic nitrogens is 4. The zero-order valence-corrected chi connectivity index (χ0v) is 18.9. The standard InChI is InChI=1S/C22H23ClN4O3S/c1-25-21-18(27(22(25)28)16-5-6-16)8-9-24-20(21)19-13-14-12-15(23)4-7-17(14)26(19)10-3-11-31(2,29)30/h4,7-9,12-13,16H,3,5-6,10-11H2,1-2H3. The normalized spacial score (nSPS) is 14.7. The third kappa shape index (κ3) is 3.57. The summed E-state index contributed by atoms with van der Waals surface area (Å²) in [5.74, 6) is 0.105. The van der Waals surface area contributed by atoms with Gasteiger partial charge in [-0.3, -0.25) is 14.1 Å². The second-order valence-corrected chi connectivity index (χ2v) is 11.0. The fraction of sp³-hybridized carbons (Fsp3) is 0.364. The molecule has 31 heavy (non-hydrogen) atoms. The molecule has 162 valence electrons. The first-order chi connectivity index (χ1) is 14.7. The fourth-order valence-electron chi connectivity index (χ4n) is 4.37. The van der Waals surface area contributed by atoms with Gasteiger partial charge in [-0.05, 0) is 49.6 Å². The summed E-state index contributed by atoms with van der Waals surface area (Å²) in [5.41, 5.74) is 4.15. The van der Waals surface area contributed by atoms with Crippen molar-refractivity contribution in [3.05, 3.63) is 52.0 Å². The van der Waals surface area contributed by atoms with Crippen LogP contribution in [0.5, 0.6) is 0 Å². The molecule has 7 nitrogen and oxygen atoms in total. The van der Waals surface area contributed by atoms with Crippen molar-refractivity contribution in [3.63, 3.8) is 0 Å². The lowest BCUT2D eigenvalue weighted by Gasteiger charge is -2.12. The van der Waals surface area contributed by atoms with E-state index in [-0.39, 0.29) is 17.5 Å². The highest BCUT2D eigenvalue weighted by molar-refractivity contribution is 7.90. The number of sulfone groups is 1. The highest BCUT2D eigenvalue weighted by Gasteiger charge is 2.29. The van der Waals surface area contributed by atoms with E-state index in [0.29, 0.717) is 23.7 Å². The molecule has 0 atom stereocenters. The van der Waals surface area contributed by atoms with Gasteiger partial charge in [-0.15, -0.1) is 0 Å². The van der Waals surface area contributed by atoms with E-state index in [9.17, 15) is 13.2 Å². The molecule has 3 heterocycles. The van der Waals surface area contributed by atoms with E-state index in [1.807, 2.05) is 34.9 Å². The molecule has 4 aromatic rings. The average Bonchev–Trinajstić information content (AvgIpc) is 3.43. The second kappa shape index (κ2) is 7.24. The summed E-state index contributed by atoms with van der Waals surface area (Å²) < 4.78 is 29.0. The van der Waals surface area contributed by atoms with E-state index in [1.54, 1.807) is 17.8 Å². The van der Waals surface area contributed by atoms with Crippen molar-refractivity contribution in [2.75, 3.05) is 12.0 Å². The molecule has 0 unspecified atom stereocenters. The van der Waals surface area contributed by atoms with E-state index in [2.05, 4.69) is 9.55 Å². The number of hydrogen-bond acceptors (Lipinski definition) is 4. The molecular weight excluding hydrogens is 436 g/mol. The van der Waals surface area contributed by atoms with Gasteiger partial charge in [0.2, 0.25) is 0 Å². The monoisotopic (exact) mass is 458 g/mol. The summed E-state index contributed by atoms with van der Waals surface area (Å²) in [6, 6.07) is 9.83. The number of aryl methyl sites for hydroxylation is 2. The molecule has 1 aromatic carbocycles. The Labute approximate surface area is 184 Å². The Balaban J connectivity index is 1.73. The zero-order chi connectivity index (χ0) is 21.9. The Morgan fingerprint density at radius 2 is 1.94 bits per heavy atom. The van der Waals surface area contributed by atoms with E-state index >= 15 is 0 Å². The predicted molar refractivity (Wildman–Crippen MR) is 124 cm³/mol. The summed E-state index contributed by atoms with van der Waals surface area (Å²) in [4.78, 5) is 17.6. The Morgan fingerprint density at radius 3 is 2.65 bits per heavy atom. The smallest absolute Gasteiger partial charge is 0.329 e. The van der Waals surface area contributed by atoms with E-state index in [0.717, 1.165) is 40.5 Å². The lowest BCUT2D eigenvalue weighted by atomic mass is 10.2. The minimum Gasteiger partial charge on any atom is -0.339 e. The van der Waals surface area contributed by atoms with Crippen LogP contribution in [0, 0.1) is 0 Å². The summed E-state index contributed by atoms with van der Waals surface area (Å²) in [5, 5.41) is 1.58. The highest BCUT2D eigenvalue weighted by atomic mass is 35.5. The lowest BCUT2D eigenvalue weighted by molar-refractivity contribution is 0.594. The molecule has 0 amide bonds. The van der Waals surface area contributed by atoms with Crippen LogP contribution in [0.25, 0.3) is 33.3 Å². The van der Waals surface area contributed by atoms with Crippen LogP contribution in [0.3, 0.4) is 0 Å². The third-order valence-electron chi connectivity index (χ3n) is 5.91. The van der Waals surface area contributed by atoms with Crippen LogP contribution < -0.4 is 5.69 Å². The molecular formula is C22H23ClN4O3S. The highest BCUT2D eigenvalue weighted by Crippen LogP contribution is 2.38. The Morgan fingerprint density at radius 1 is 1.16 bits per heavy atom. The first kappa shape index (κ1) is 20.3. The van der Waals surface area contributed by atoms with Crippen molar-refractivity contribution < 1.29 is 8.42 Å². The van der Waals surface area contributed by atoms with Crippen LogP contribution in [0.2, 0.25) is 5.02 Å². The van der Waals surface area contributed by atoms with Gasteiger partial charge in [0.15, 0.2) is 0 Å². The molecule has 0 radical (unpaired) electrons. The van der Waals surface area contributed by atoms with Crippen molar-refractivity contribution >= 4 is 43.4 Å². The fourth-order valence-corrected chi connectivity index (χ4v) is 5.20. The van der Waals surface area contributed by atoms with Gasteiger partial charge >= 0.3 is 5.69 Å². The number of pyridine rings is 1. The number of nitrogens with zero attached hydrogens (tertiary/aromatic N) is 4. The van der Waals surface area contributed by atoms with Crippen molar-refractivity contribution in [2.45, 2.75) is 31.8 Å².